The largest absolute Gasteiger partial charge is 0.322 e. The maximum absolute atomic E-state index is 13.1. The molecule has 144 valence electrons. The summed E-state index contributed by atoms with van der Waals surface area (Å²) in [7, 11) is -3.89. The molecular weight excluding hydrogens is 379 g/mol. The number of anilines is 2. The molecule has 1 heterocycles. The number of hydrogen-bond donors (Lipinski definition) is 2. The van der Waals surface area contributed by atoms with Gasteiger partial charge in [0.25, 0.3) is 0 Å². The second-order valence-corrected chi connectivity index (χ2v) is 9.15. The molecule has 0 radical (unpaired) electrons. The number of H-pyrrole nitrogens is 1. The summed E-state index contributed by atoms with van der Waals surface area (Å²) < 4.78 is 38.5. The molecule has 0 atom stereocenters. The van der Waals surface area contributed by atoms with Gasteiger partial charge >= 0.3 is 0 Å². The van der Waals surface area contributed by atoms with Gasteiger partial charge in [-0.2, -0.15) is 4.98 Å². The molecule has 2 aromatic carbocycles. The van der Waals surface area contributed by atoms with Crippen LogP contribution in [0, 0.1) is 5.82 Å². The molecule has 2 aliphatic carbocycles. The van der Waals surface area contributed by atoms with Crippen LogP contribution in [0.15, 0.2) is 40.4 Å². The highest BCUT2D eigenvalue weighted by Gasteiger charge is 2.26. The Balaban J connectivity index is 1.50. The smallest absolute Gasteiger partial charge is 0.249 e. The highest BCUT2D eigenvalue weighted by Crippen LogP contribution is 2.39. The van der Waals surface area contributed by atoms with Crippen LogP contribution in [0.1, 0.15) is 35.1 Å². The number of aryl methyl sites for hydroxylation is 2. The summed E-state index contributed by atoms with van der Waals surface area (Å²) in [5, 5.41) is 9.60. The molecule has 5 rings (SSSR count). The molecule has 6 nitrogen and oxygen atoms in total. The summed E-state index contributed by atoms with van der Waals surface area (Å²) >= 11 is 0. The molecule has 0 aliphatic heterocycles. The fourth-order valence-electron chi connectivity index (χ4n) is 4.23. The Bertz CT molecular complexity index is 1140. The van der Waals surface area contributed by atoms with Crippen LogP contribution in [0.4, 0.5) is 16.0 Å². The Labute approximate surface area is 162 Å². The normalized spacial score (nSPS) is 15.5. The number of sulfone groups is 1. The van der Waals surface area contributed by atoms with Crippen molar-refractivity contribution in [2.75, 3.05) is 5.32 Å². The average molecular weight is 398 g/mol. The third-order valence-electron chi connectivity index (χ3n) is 5.55. The van der Waals surface area contributed by atoms with Crippen molar-refractivity contribution in [3.63, 3.8) is 0 Å². The zero-order valence-corrected chi connectivity index (χ0v) is 15.9. The van der Waals surface area contributed by atoms with Crippen LogP contribution < -0.4 is 5.32 Å². The van der Waals surface area contributed by atoms with Gasteiger partial charge in [-0.25, -0.2) is 17.9 Å². The maximum Gasteiger partial charge on any atom is 0.249 e. The Morgan fingerprint density at radius 2 is 1.61 bits per heavy atom. The lowest BCUT2D eigenvalue weighted by Crippen LogP contribution is -2.05. The number of aromatic nitrogens is 3. The van der Waals surface area contributed by atoms with Gasteiger partial charge in [0.15, 0.2) is 0 Å². The second-order valence-electron chi connectivity index (χ2n) is 7.28. The lowest BCUT2D eigenvalue weighted by atomic mass is 9.99. The number of halogens is 1. The van der Waals surface area contributed by atoms with Crippen molar-refractivity contribution in [3.05, 3.63) is 58.4 Å². The van der Waals surface area contributed by atoms with E-state index in [1.807, 2.05) is 0 Å². The minimum Gasteiger partial charge on any atom is -0.322 e. The maximum atomic E-state index is 13.1. The van der Waals surface area contributed by atoms with Gasteiger partial charge in [-0.3, -0.25) is 0 Å². The van der Waals surface area contributed by atoms with Crippen LogP contribution in [-0.2, 0) is 35.5 Å². The summed E-state index contributed by atoms with van der Waals surface area (Å²) in [6, 6.07) is 6.99. The van der Waals surface area contributed by atoms with E-state index < -0.39 is 15.7 Å². The quantitative estimate of drug-likeness (QED) is 0.657. The highest BCUT2D eigenvalue weighted by atomic mass is 32.2. The van der Waals surface area contributed by atoms with Gasteiger partial charge in [-0.1, -0.05) is 6.07 Å². The van der Waals surface area contributed by atoms with Crippen LogP contribution in [-0.4, -0.2) is 23.6 Å². The van der Waals surface area contributed by atoms with Gasteiger partial charge in [0.1, 0.15) is 5.82 Å². The third kappa shape index (κ3) is 2.79. The van der Waals surface area contributed by atoms with Crippen LogP contribution in [0.3, 0.4) is 0 Å². The fourth-order valence-corrected chi connectivity index (χ4v) is 5.32. The summed E-state index contributed by atoms with van der Waals surface area (Å²) in [6.07, 6.45) is 6.44. The highest BCUT2D eigenvalue weighted by molar-refractivity contribution is 7.91. The van der Waals surface area contributed by atoms with E-state index in [0.717, 1.165) is 56.3 Å². The van der Waals surface area contributed by atoms with Crippen LogP contribution >= 0.6 is 0 Å². The fraction of sp³-hybridized carbons (Fsp3) is 0.300. The van der Waals surface area contributed by atoms with Crippen LogP contribution in [0.25, 0.3) is 0 Å². The molecule has 0 unspecified atom stereocenters. The van der Waals surface area contributed by atoms with Gasteiger partial charge in [-0.05, 0) is 85.0 Å². The lowest BCUT2D eigenvalue weighted by molar-refractivity contribution is 0.586. The Hall–Kier alpha value is -2.74. The average Bonchev–Trinajstić information content (AvgIpc) is 3.42. The number of fused-ring (bicyclic) bond motifs is 2. The molecule has 2 aliphatic rings. The van der Waals surface area contributed by atoms with Crippen molar-refractivity contribution >= 4 is 21.5 Å². The molecule has 0 amide bonds. The molecule has 0 bridgehead atoms. The van der Waals surface area contributed by atoms with Crippen molar-refractivity contribution in [2.24, 2.45) is 0 Å². The van der Waals surface area contributed by atoms with E-state index in [9.17, 15) is 12.8 Å². The van der Waals surface area contributed by atoms with Crippen molar-refractivity contribution in [3.8, 4) is 0 Å². The zero-order chi connectivity index (χ0) is 19.3. The molecule has 3 aromatic rings. The van der Waals surface area contributed by atoms with Gasteiger partial charge in [-0.15, -0.1) is 5.10 Å². The van der Waals surface area contributed by atoms with Gasteiger partial charge in [0.2, 0.25) is 20.9 Å². The lowest BCUT2D eigenvalue weighted by Gasteiger charge is -2.15. The Morgan fingerprint density at radius 3 is 2.25 bits per heavy atom. The van der Waals surface area contributed by atoms with E-state index in [1.165, 1.54) is 34.4 Å². The third-order valence-corrected chi connectivity index (χ3v) is 7.14. The molecule has 0 fully saturated rings. The van der Waals surface area contributed by atoms with E-state index >= 15 is 0 Å². The first-order valence-corrected chi connectivity index (χ1v) is 10.9. The monoisotopic (exact) mass is 398 g/mol. The summed E-state index contributed by atoms with van der Waals surface area (Å²) in [5.74, 6) is -0.263. The molecule has 0 saturated carbocycles. The molecule has 28 heavy (non-hydrogen) atoms. The second kappa shape index (κ2) is 6.41. The molecule has 0 saturated heterocycles. The van der Waals surface area contributed by atoms with E-state index in [-0.39, 0.29) is 16.0 Å². The summed E-state index contributed by atoms with van der Waals surface area (Å²) in [6.45, 7) is 0. The van der Waals surface area contributed by atoms with E-state index in [1.54, 1.807) is 0 Å². The van der Waals surface area contributed by atoms with Crippen molar-refractivity contribution in [2.45, 2.75) is 48.6 Å². The van der Waals surface area contributed by atoms with E-state index in [0.29, 0.717) is 0 Å². The van der Waals surface area contributed by atoms with Crippen molar-refractivity contribution in [1.29, 1.82) is 0 Å². The number of nitrogens with one attached hydrogen (secondary N) is 2. The van der Waals surface area contributed by atoms with E-state index in [2.05, 4.69) is 26.6 Å². The van der Waals surface area contributed by atoms with Gasteiger partial charge < -0.3 is 5.32 Å². The number of nitrogens with zero attached hydrogens (tertiary/aromatic N) is 2. The standard InChI is InChI=1S/C20H19FN4O2S/c21-14-7-9-15(10-8-14)28(26,27)20-23-19(24-25-20)22-18-16-5-1-3-12(16)11-13-4-2-6-17(13)18/h7-11H,1-6H2,(H2,22,23,24,25). The van der Waals surface area contributed by atoms with Crippen LogP contribution in [0.2, 0.25) is 0 Å². The molecular formula is C20H19FN4O2S. The minimum atomic E-state index is -3.89. The zero-order valence-electron chi connectivity index (χ0n) is 15.1. The number of rotatable bonds is 4. The number of aromatic amines is 1. The van der Waals surface area contributed by atoms with Crippen molar-refractivity contribution in [1.82, 2.24) is 15.2 Å². The Morgan fingerprint density at radius 1 is 0.964 bits per heavy atom. The molecule has 2 N–H and O–H groups in total. The number of benzene rings is 2. The molecule has 8 heteroatoms. The summed E-state index contributed by atoms with van der Waals surface area (Å²) in [4.78, 5) is 4.14. The molecule has 1 aromatic heterocycles. The minimum absolute atomic E-state index is 0.0295. The van der Waals surface area contributed by atoms with Gasteiger partial charge in [0.05, 0.1) is 4.90 Å². The first-order chi connectivity index (χ1) is 13.5. The SMILES string of the molecule is O=S(=O)(c1ccc(F)cc1)c1nc(Nc2c3c(cc4c2CCC4)CCC3)n[nH]1. The predicted octanol–water partition coefficient (Wildman–Crippen LogP) is 3.50. The van der Waals surface area contributed by atoms with Gasteiger partial charge in [0, 0.05) is 5.69 Å². The topological polar surface area (TPSA) is 87.7 Å². The first-order valence-electron chi connectivity index (χ1n) is 9.39. The first kappa shape index (κ1) is 17.4. The Kier molecular flexibility index (Phi) is 3.97. The summed E-state index contributed by atoms with van der Waals surface area (Å²) in [5.41, 5.74) is 6.39. The number of hydrogen-bond acceptors (Lipinski definition) is 5. The van der Waals surface area contributed by atoms with Crippen LogP contribution in [0.5, 0.6) is 0 Å². The van der Waals surface area contributed by atoms with Crippen molar-refractivity contribution < 1.29 is 12.8 Å². The predicted molar refractivity (Wildman–Crippen MR) is 102 cm³/mol. The van der Waals surface area contributed by atoms with E-state index in [4.69, 9.17) is 0 Å². The molecule has 0 spiro atoms.